The molecule has 0 saturated heterocycles. The molecule has 5 rings (SSSR count). The monoisotopic (exact) mass is 519 g/mol. The molecule has 0 aliphatic carbocycles. The van der Waals surface area contributed by atoms with Gasteiger partial charge in [-0.05, 0) is 67.8 Å². The maximum absolute atomic E-state index is 10.5. The summed E-state index contributed by atoms with van der Waals surface area (Å²) in [5.41, 5.74) is 7.17. The van der Waals surface area contributed by atoms with E-state index < -0.39 is 0 Å². The van der Waals surface area contributed by atoms with Crippen molar-refractivity contribution >= 4 is 39.0 Å². The van der Waals surface area contributed by atoms with Gasteiger partial charge in [0.25, 0.3) is 0 Å². The molecule has 0 bridgehead atoms. The van der Waals surface area contributed by atoms with E-state index in [4.69, 9.17) is 9.47 Å². The number of phenolic OH excluding ortho intramolecular Hbond substituents is 1. The molecule has 34 heavy (non-hydrogen) atoms. The van der Waals surface area contributed by atoms with Gasteiger partial charge in [0.2, 0.25) is 0 Å². The van der Waals surface area contributed by atoms with Crippen LogP contribution in [0.2, 0.25) is 0 Å². The van der Waals surface area contributed by atoms with Crippen LogP contribution in [0.1, 0.15) is 43.0 Å². The maximum atomic E-state index is 10.5. The molecule has 3 aromatic carbocycles. The Balaban J connectivity index is 1.85. The molecule has 0 aromatic heterocycles. The summed E-state index contributed by atoms with van der Waals surface area (Å²) in [6.07, 6.45) is 4.17. The Bertz CT molecular complexity index is 1390. The minimum atomic E-state index is -0.188. The van der Waals surface area contributed by atoms with E-state index in [2.05, 4.69) is 54.2 Å². The van der Waals surface area contributed by atoms with Crippen molar-refractivity contribution in [3.8, 4) is 28.4 Å². The fourth-order valence-corrected chi connectivity index (χ4v) is 5.47. The van der Waals surface area contributed by atoms with Crippen LogP contribution < -0.4 is 14.8 Å². The van der Waals surface area contributed by atoms with Crippen LogP contribution >= 0.6 is 15.9 Å². The maximum Gasteiger partial charge on any atom is 0.172 e. The number of phenols is 1. The molecule has 2 aliphatic rings. The smallest absolute Gasteiger partial charge is 0.172 e. The third kappa shape index (κ3) is 3.58. The average Bonchev–Trinajstić information content (AvgIpc) is 2.78. The molecule has 3 N–H and O–H groups in total. The lowest BCUT2D eigenvalue weighted by atomic mass is 9.82. The summed E-state index contributed by atoms with van der Waals surface area (Å²) in [7, 11) is 1.54. The first-order chi connectivity index (χ1) is 16.2. The lowest BCUT2D eigenvalue weighted by Gasteiger charge is -2.35. The zero-order chi connectivity index (χ0) is 24.2. The first-order valence-electron chi connectivity index (χ1n) is 11.1. The van der Waals surface area contributed by atoms with Crippen LogP contribution in [0, 0.1) is 0 Å². The van der Waals surface area contributed by atoms with Crippen molar-refractivity contribution in [2.75, 3.05) is 12.4 Å². The van der Waals surface area contributed by atoms with E-state index in [1.54, 1.807) is 19.2 Å². The van der Waals surface area contributed by atoms with Crippen molar-refractivity contribution in [1.82, 2.24) is 0 Å². The van der Waals surface area contributed by atoms with Gasteiger partial charge in [0.05, 0.1) is 24.8 Å². The molecule has 0 amide bonds. The van der Waals surface area contributed by atoms with E-state index in [0.717, 1.165) is 43.6 Å². The van der Waals surface area contributed by atoms with Crippen LogP contribution in [0.25, 0.3) is 28.5 Å². The summed E-state index contributed by atoms with van der Waals surface area (Å²) in [5, 5.41) is 24.1. The molecular formula is C28H26BrNO4. The highest BCUT2D eigenvalue weighted by atomic mass is 79.9. The van der Waals surface area contributed by atoms with Gasteiger partial charge in [0, 0.05) is 26.9 Å². The normalized spacial score (nSPS) is 16.5. The molecule has 0 spiro atoms. The number of allylic oxidation sites excluding steroid dienone is 1. The largest absolute Gasteiger partial charge is 0.504 e. The molecule has 5 nitrogen and oxygen atoms in total. The number of hydrogen-bond acceptors (Lipinski definition) is 5. The SMILES string of the molecule is COc1c(O)ccc2c1-c1ccc3c(c1/C(=C/c1cccc(Br)c1CO)O2)C(C)=CC(C)(C)N3. The Kier molecular flexibility index (Phi) is 5.46. The molecule has 0 saturated carbocycles. The number of ether oxygens (including phenoxy) is 2. The van der Waals surface area contributed by atoms with Gasteiger partial charge in [-0.15, -0.1) is 0 Å². The molecule has 174 valence electrons. The number of methoxy groups -OCH3 is 1. The van der Waals surface area contributed by atoms with Gasteiger partial charge in [0.1, 0.15) is 11.5 Å². The molecule has 0 fully saturated rings. The summed E-state index contributed by atoms with van der Waals surface area (Å²) >= 11 is 3.55. The van der Waals surface area contributed by atoms with Crippen LogP contribution in [0.4, 0.5) is 5.69 Å². The molecule has 0 radical (unpaired) electrons. The van der Waals surface area contributed by atoms with Crippen molar-refractivity contribution in [1.29, 1.82) is 0 Å². The van der Waals surface area contributed by atoms with Crippen molar-refractivity contribution in [2.24, 2.45) is 0 Å². The van der Waals surface area contributed by atoms with Crippen molar-refractivity contribution in [3.05, 3.63) is 75.3 Å². The van der Waals surface area contributed by atoms with E-state index in [-0.39, 0.29) is 17.9 Å². The minimum absolute atomic E-state index is 0.0574. The van der Waals surface area contributed by atoms with E-state index in [1.807, 2.05) is 30.3 Å². The predicted octanol–water partition coefficient (Wildman–Crippen LogP) is 6.82. The van der Waals surface area contributed by atoms with Crippen LogP contribution in [0.5, 0.6) is 17.2 Å². The Hall–Kier alpha value is -3.22. The number of aliphatic hydroxyl groups is 1. The van der Waals surface area contributed by atoms with Gasteiger partial charge in [-0.2, -0.15) is 0 Å². The second-order valence-corrected chi connectivity index (χ2v) is 10.0. The zero-order valence-corrected chi connectivity index (χ0v) is 21.1. The van der Waals surface area contributed by atoms with Crippen LogP contribution in [-0.4, -0.2) is 22.9 Å². The molecule has 2 heterocycles. The van der Waals surface area contributed by atoms with Gasteiger partial charge < -0.3 is 25.0 Å². The standard InChI is InChI=1S/C28H26BrNO4/c1-15-13-28(2,3)30-20-9-8-17-25(24(15)20)23(12-16-6-5-7-19(29)18(16)14-31)34-22-11-10-21(32)27(33-4)26(17)22/h5-13,30-32H,14H2,1-4H3/b23-12-. The van der Waals surface area contributed by atoms with E-state index >= 15 is 0 Å². The Morgan fingerprint density at radius 2 is 1.88 bits per heavy atom. The van der Waals surface area contributed by atoms with Gasteiger partial charge in [0.15, 0.2) is 11.5 Å². The lowest BCUT2D eigenvalue weighted by Crippen LogP contribution is -2.32. The Morgan fingerprint density at radius 1 is 1.09 bits per heavy atom. The molecule has 2 aliphatic heterocycles. The number of anilines is 1. The van der Waals surface area contributed by atoms with Crippen molar-refractivity contribution in [3.63, 3.8) is 0 Å². The number of rotatable bonds is 3. The fraction of sp³-hybridized carbons (Fsp3) is 0.214. The number of benzene rings is 3. The van der Waals surface area contributed by atoms with E-state index in [0.29, 0.717) is 22.8 Å². The van der Waals surface area contributed by atoms with Gasteiger partial charge in [-0.1, -0.05) is 40.2 Å². The minimum Gasteiger partial charge on any atom is -0.504 e. The van der Waals surface area contributed by atoms with Crippen molar-refractivity contribution in [2.45, 2.75) is 32.9 Å². The number of fused-ring (bicyclic) bond motifs is 5. The summed E-state index contributed by atoms with van der Waals surface area (Å²) in [5.74, 6) is 1.69. The van der Waals surface area contributed by atoms with E-state index in [1.165, 1.54) is 0 Å². The first-order valence-corrected chi connectivity index (χ1v) is 11.9. The third-order valence-corrected chi connectivity index (χ3v) is 7.02. The molecule has 0 atom stereocenters. The second kappa shape index (κ2) is 8.22. The Labute approximate surface area is 207 Å². The van der Waals surface area contributed by atoms with Gasteiger partial charge in [-0.3, -0.25) is 0 Å². The van der Waals surface area contributed by atoms with Crippen LogP contribution in [0.15, 0.2) is 53.0 Å². The summed E-state index contributed by atoms with van der Waals surface area (Å²) in [4.78, 5) is 0. The van der Waals surface area contributed by atoms with Crippen molar-refractivity contribution < 1.29 is 19.7 Å². The third-order valence-electron chi connectivity index (χ3n) is 6.27. The predicted molar refractivity (Wildman–Crippen MR) is 140 cm³/mol. The molecule has 0 unspecified atom stereocenters. The average molecular weight is 520 g/mol. The molecule has 3 aromatic rings. The second-order valence-electron chi connectivity index (χ2n) is 9.15. The highest BCUT2D eigenvalue weighted by molar-refractivity contribution is 9.10. The number of hydrogen-bond donors (Lipinski definition) is 3. The van der Waals surface area contributed by atoms with Crippen LogP contribution in [-0.2, 0) is 6.61 Å². The highest BCUT2D eigenvalue weighted by Crippen LogP contribution is 2.54. The number of aromatic hydroxyl groups is 1. The van der Waals surface area contributed by atoms with Crippen LogP contribution in [0.3, 0.4) is 0 Å². The Morgan fingerprint density at radius 3 is 2.62 bits per heavy atom. The first kappa shape index (κ1) is 22.6. The van der Waals surface area contributed by atoms with E-state index in [9.17, 15) is 10.2 Å². The highest BCUT2D eigenvalue weighted by Gasteiger charge is 2.33. The number of halogens is 1. The molecule has 6 heteroatoms. The summed E-state index contributed by atoms with van der Waals surface area (Å²) in [6.45, 7) is 6.27. The van der Waals surface area contributed by atoms with Gasteiger partial charge in [-0.25, -0.2) is 0 Å². The van der Waals surface area contributed by atoms with Gasteiger partial charge >= 0.3 is 0 Å². The topological polar surface area (TPSA) is 71.0 Å². The summed E-state index contributed by atoms with van der Waals surface area (Å²) < 4.78 is 12.9. The lowest BCUT2D eigenvalue weighted by molar-refractivity contribution is 0.281. The number of nitrogens with one attached hydrogen (secondary N) is 1. The fourth-order valence-electron chi connectivity index (χ4n) is 4.97. The molecular weight excluding hydrogens is 494 g/mol. The summed E-state index contributed by atoms with van der Waals surface area (Å²) in [6, 6.07) is 13.2. The zero-order valence-electron chi connectivity index (χ0n) is 19.5. The quantitative estimate of drug-likeness (QED) is 0.354. The number of aliphatic hydroxyl groups excluding tert-OH is 1.